The molecule has 3 heterocycles. The third-order valence-corrected chi connectivity index (χ3v) is 7.30. The van der Waals surface area contributed by atoms with Crippen LogP contribution >= 0.6 is 23.1 Å². The second kappa shape index (κ2) is 9.91. The standard InChI is InChI=1S/C22H27N5O3S2/c1-3-10-26-20(29)18-19(24-21(32-18)25-11-5-4-6-12-25)27(22(26)30)14-17(28)23-15-8-7-9-16(13-15)31-2/h7-9,13H,3-6,10-12,14H2,1-2H3,(H,23,28). The SMILES string of the molecule is CCCn1c(=O)c2sc(N3CCCCC3)nc2n(CC(=O)Nc2cccc(SC)c2)c1=O. The van der Waals surface area contributed by atoms with Gasteiger partial charge in [0.15, 0.2) is 10.8 Å². The third-order valence-electron chi connectivity index (χ3n) is 5.48. The topological polar surface area (TPSA) is 89.2 Å². The lowest BCUT2D eigenvalue weighted by Gasteiger charge is -2.25. The Bertz CT molecular complexity index is 1240. The van der Waals surface area contributed by atoms with Crippen molar-refractivity contribution in [3.63, 3.8) is 0 Å². The molecule has 0 radical (unpaired) electrons. The molecule has 0 unspecified atom stereocenters. The van der Waals surface area contributed by atoms with Crippen molar-refractivity contribution in [1.82, 2.24) is 14.1 Å². The first-order valence-electron chi connectivity index (χ1n) is 10.8. The van der Waals surface area contributed by atoms with Gasteiger partial charge in [-0.15, -0.1) is 11.8 Å². The third kappa shape index (κ3) is 4.61. The van der Waals surface area contributed by atoms with Crippen molar-refractivity contribution in [1.29, 1.82) is 0 Å². The molecule has 0 aliphatic carbocycles. The first-order chi connectivity index (χ1) is 15.5. The van der Waals surface area contributed by atoms with Crippen LogP contribution in [0.3, 0.4) is 0 Å². The van der Waals surface area contributed by atoms with E-state index in [0.717, 1.165) is 36.0 Å². The molecule has 32 heavy (non-hydrogen) atoms. The van der Waals surface area contributed by atoms with Crippen molar-refractivity contribution in [2.24, 2.45) is 0 Å². The molecule has 3 aromatic rings. The highest BCUT2D eigenvalue weighted by molar-refractivity contribution is 7.98. The molecule has 0 atom stereocenters. The van der Waals surface area contributed by atoms with Crippen molar-refractivity contribution in [3.05, 3.63) is 45.1 Å². The van der Waals surface area contributed by atoms with Crippen LogP contribution in [0.5, 0.6) is 0 Å². The van der Waals surface area contributed by atoms with Crippen LogP contribution in [-0.2, 0) is 17.9 Å². The number of aromatic nitrogens is 3. The number of thiazole rings is 1. The number of nitrogens with zero attached hydrogens (tertiary/aromatic N) is 4. The van der Waals surface area contributed by atoms with Crippen LogP contribution in [0.15, 0.2) is 38.8 Å². The summed E-state index contributed by atoms with van der Waals surface area (Å²) in [5.41, 5.74) is 0.149. The average Bonchev–Trinajstić information content (AvgIpc) is 3.26. The zero-order chi connectivity index (χ0) is 22.7. The predicted molar refractivity (Wildman–Crippen MR) is 131 cm³/mol. The number of fused-ring (bicyclic) bond motifs is 1. The first kappa shape index (κ1) is 22.6. The van der Waals surface area contributed by atoms with Gasteiger partial charge in [-0.2, -0.15) is 0 Å². The highest BCUT2D eigenvalue weighted by Crippen LogP contribution is 2.28. The molecule has 1 N–H and O–H groups in total. The van der Waals surface area contributed by atoms with Gasteiger partial charge in [0.25, 0.3) is 5.56 Å². The second-order valence-corrected chi connectivity index (χ2v) is 9.66. The van der Waals surface area contributed by atoms with Gasteiger partial charge in [0.1, 0.15) is 11.2 Å². The number of amides is 1. The van der Waals surface area contributed by atoms with Gasteiger partial charge >= 0.3 is 5.69 Å². The number of carbonyl (C=O) groups excluding carboxylic acids is 1. The number of anilines is 2. The second-order valence-electron chi connectivity index (χ2n) is 7.80. The van der Waals surface area contributed by atoms with Crippen LogP contribution < -0.4 is 21.5 Å². The van der Waals surface area contributed by atoms with E-state index >= 15 is 0 Å². The minimum Gasteiger partial charge on any atom is -0.348 e. The van der Waals surface area contributed by atoms with Gasteiger partial charge in [0.05, 0.1) is 0 Å². The van der Waals surface area contributed by atoms with E-state index in [-0.39, 0.29) is 18.0 Å². The van der Waals surface area contributed by atoms with Crippen LogP contribution in [0.2, 0.25) is 0 Å². The minimum absolute atomic E-state index is 0.202. The molecule has 1 aromatic carbocycles. The number of benzene rings is 1. The fourth-order valence-corrected chi connectivity index (χ4v) is 5.43. The number of hydrogen-bond acceptors (Lipinski definition) is 7. The fraction of sp³-hybridized carbons (Fsp3) is 0.455. The molecule has 0 spiro atoms. The van der Waals surface area contributed by atoms with E-state index in [4.69, 9.17) is 0 Å². The van der Waals surface area contributed by atoms with Gasteiger partial charge in [-0.25, -0.2) is 9.78 Å². The maximum absolute atomic E-state index is 13.2. The van der Waals surface area contributed by atoms with Gasteiger partial charge < -0.3 is 10.2 Å². The van der Waals surface area contributed by atoms with Crippen molar-refractivity contribution < 1.29 is 4.79 Å². The predicted octanol–water partition coefficient (Wildman–Crippen LogP) is 3.38. The molecule has 4 rings (SSSR count). The van der Waals surface area contributed by atoms with E-state index in [1.165, 1.54) is 26.9 Å². The highest BCUT2D eigenvalue weighted by Gasteiger charge is 2.22. The zero-order valence-corrected chi connectivity index (χ0v) is 19.9. The Morgan fingerprint density at radius 3 is 2.69 bits per heavy atom. The number of thioether (sulfide) groups is 1. The summed E-state index contributed by atoms with van der Waals surface area (Å²) in [6, 6.07) is 7.53. The summed E-state index contributed by atoms with van der Waals surface area (Å²) in [7, 11) is 0. The Labute approximate surface area is 194 Å². The van der Waals surface area contributed by atoms with Crippen LogP contribution in [0.25, 0.3) is 10.3 Å². The summed E-state index contributed by atoms with van der Waals surface area (Å²) in [5.74, 6) is -0.333. The van der Waals surface area contributed by atoms with Crippen LogP contribution in [-0.4, -0.2) is 39.4 Å². The summed E-state index contributed by atoms with van der Waals surface area (Å²) in [6.07, 6.45) is 5.97. The number of piperidine rings is 1. The summed E-state index contributed by atoms with van der Waals surface area (Å²) < 4.78 is 2.99. The Morgan fingerprint density at radius 1 is 1.19 bits per heavy atom. The zero-order valence-electron chi connectivity index (χ0n) is 18.3. The lowest BCUT2D eigenvalue weighted by Crippen LogP contribution is -2.41. The minimum atomic E-state index is -0.493. The van der Waals surface area contributed by atoms with Gasteiger partial charge in [0.2, 0.25) is 5.91 Å². The fourth-order valence-electron chi connectivity index (χ4n) is 3.90. The number of nitrogens with one attached hydrogen (secondary N) is 1. The normalized spacial score (nSPS) is 14.1. The van der Waals surface area contributed by atoms with E-state index in [0.29, 0.717) is 29.0 Å². The summed E-state index contributed by atoms with van der Waals surface area (Å²) in [6.45, 7) is 3.80. The number of carbonyl (C=O) groups is 1. The van der Waals surface area contributed by atoms with Crippen LogP contribution in [0.1, 0.15) is 32.6 Å². The molecular formula is C22H27N5O3S2. The Balaban J connectivity index is 1.72. The molecule has 1 saturated heterocycles. The van der Waals surface area contributed by atoms with Crippen molar-refractivity contribution in [2.75, 3.05) is 29.6 Å². The number of rotatable bonds is 7. The first-order valence-corrected chi connectivity index (χ1v) is 12.9. The van der Waals surface area contributed by atoms with Crippen molar-refractivity contribution in [3.8, 4) is 0 Å². The lowest BCUT2D eigenvalue weighted by atomic mass is 10.1. The molecule has 170 valence electrons. The van der Waals surface area contributed by atoms with E-state index < -0.39 is 5.69 Å². The molecule has 1 aliphatic rings. The van der Waals surface area contributed by atoms with Gasteiger partial charge in [-0.1, -0.05) is 24.3 Å². The summed E-state index contributed by atoms with van der Waals surface area (Å²) >= 11 is 2.90. The maximum atomic E-state index is 13.2. The maximum Gasteiger partial charge on any atom is 0.333 e. The Hall–Kier alpha value is -2.59. The quantitative estimate of drug-likeness (QED) is 0.529. The molecule has 2 aromatic heterocycles. The Morgan fingerprint density at radius 2 is 1.97 bits per heavy atom. The van der Waals surface area contributed by atoms with E-state index in [2.05, 4.69) is 15.2 Å². The lowest BCUT2D eigenvalue weighted by molar-refractivity contribution is -0.116. The molecule has 0 saturated carbocycles. The van der Waals surface area contributed by atoms with Gasteiger partial charge in [-0.3, -0.25) is 18.7 Å². The van der Waals surface area contributed by atoms with E-state index in [9.17, 15) is 14.4 Å². The van der Waals surface area contributed by atoms with E-state index in [1.807, 2.05) is 37.4 Å². The molecule has 0 bridgehead atoms. The largest absolute Gasteiger partial charge is 0.348 e. The van der Waals surface area contributed by atoms with Crippen LogP contribution in [0.4, 0.5) is 10.8 Å². The van der Waals surface area contributed by atoms with E-state index in [1.54, 1.807) is 11.8 Å². The Kier molecular flexibility index (Phi) is 7.00. The smallest absolute Gasteiger partial charge is 0.333 e. The van der Waals surface area contributed by atoms with Crippen molar-refractivity contribution in [2.45, 2.75) is 50.6 Å². The molecule has 1 fully saturated rings. The molecule has 8 nitrogen and oxygen atoms in total. The molecule has 10 heteroatoms. The molecule has 1 amide bonds. The summed E-state index contributed by atoms with van der Waals surface area (Å²) in [5, 5.41) is 3.60. The number of hydrogen-bond donors (Lipinski definition) is 1. The molecular weight excluding hydrogens is 446 g/mol. The van der Waals surface area contributed by atoms with Gasteiger partial charge in [-0.05, 0) is 50.1 Å². The average molecular weight is 474 g/mol. The summed E-state index contributed by atoms with van der Waals surface area (Å²) in [4.78, 5) is 46.9. The van der Waals surface area contributed by atoms with Crippen molar-refractivity contribution >= 4 is 50.2 Å². The van der Waals surface area contributed by atoms with Gasteiger partial charge in [0, 0.05) is 30.2 Å². The highest BCUT2D eigenvalue weighted by atomic mass is 32.2. The van der Waals surface area contributed by atoms with Crippen LogP contribution in [0, 0.1) is 0 Å². The molecule has 1 aliphatic heterocycles. The monoisotopic (exact) mass is 473 g/mol.